The number of carbonyl (C=O) groups is 1. The van der Waals surface area contributed by atoms with Crippen LogP contribution in [0.2, 0.25) is 0 Å². The summed E-state index contributed by atoms with van der Waals surface area (Å²) in [6, 6.07) is -1.12. The van der Waals surface area contributed by atoms with Gasteiger partial charge in [-0.25, -0.2) is 22.8 Å². The van der Waals surface area contributed by atoms with Gasteiger partial charge in [-0.2, -0.15) is 0 Å². The number of hydrogen-bond acceptors (Lipinski definition) is 38. The largest absolute Gasteiger partial charge is 0.474 e. The molecule has 16 N–H and O–H groups in total. The second-order valence-electron chi connectivity index (χ2n) is 28.4. The number of hydrogen-bond donors (Lipinski definition) is 16. The van der Waals surface area contributed by atoms with Crippen LogP contribution in [-0.2, 0) is 130 Å². The molecule has 12 unspecified atom stereocenters. The number of phosphoric acid groups is 5. The number of unbranched alkanes of at least 4 members (excludes halogenated alkanes) is 9. The first-order valence-corrected chi connectivity index (χ1v) is 46.1. The Morgan fingerprint density at radius 1 is 0.426 bits per heavy atom. The number of phosphoric ester groups is 5. The molecule has 0 bridgehead atoms. The topological polar surface area (TPSA) is 621 Å². The fourth-order valence-electron chi connectivity index (χ4n) is 11.8. The quantitative estimate of drug-likeness (QED) is 0.0234. The summed E-state index contributed by atoms with van der Waals surface area (Å²) in [7, 11) is -23.6. The van der Waals surface area contributed by atoms with Crippen molar-refractivity contribution < 1.29 is 207 Å². The van der Waals surface area contributed by atoms with Gasteiger partial charge in [0.2, 0.25) is 5.91 Å². The molecule has 4 aliphatic rings. The SMILES string of the molecule is [3H]C[C@H]1O[C@@H](C)C[C@@H]1OP(=O)(O)OCOCC(CO)COCOP(=O)(O)OCC(COCCCOP(=O)(O)OCCCCCCO[C@@H]1OC(CO)[C@H](O)[C@H](O)C1C)(COCCCOP(=O)(O)OCCCCCCO[C@@H]1OC(CO)[C@H](O)[C@H](O)C1C)COCCCOP(=O)(O)OCCCCCCO[C@@H]1OC(CO)[C@H](O)[C@H](O)C1NC(C)=O. The van der Waals surface area contributed by atoms with Gasteiger partial charge in [0.1, 0.15) is 48.8 Å². The third-order valence-corrected chi connectivity index (χ3v) is 23.3. The van der Waals surface area contributed by atoms with Crippen LogP contribution in [0.3, 0.4) is 0 Å². The number of ether oxygens (including phenoxy) is 12. The highest BCUT2D eigenvalue weighted by Gasteiger charge is 2.47. The molecule has 0 radical (unpaired) electrons. The molecule has 682 valence electrons. The van der Waals surface area contributed by atoms with Crippen LogP contribution >= 0.6 is 39.1 Å². The maximum Gasteiger partial charge on any atom is 0.474 e. The predicted molar refractivity (Wildman–Crippen MR) is 396 cm³/mol. The molecule has 4 heterocycles. The summed E-state index contributed by atoms with van der Waals surface area (Å²) in [4.78, 5) is 64.4. The van der Waals surface area contributed by atoms with Crippen molar-refractivity contribution in [3.63, 3.8) is 0 Å². The molecule has 0 spiro atoms. The van der Waals surface area contributed by atoms with E-state index in [1.165, 1.54) is 6.92 Å². The van der Waals surface area contributed by atoms with Crippen LogP contribution in [0, 0.1) is 23.2 Å². The van der Waals surface area contributed by atoms with Gasteiger partial charge in [0.05, 0.1) is 142 Å². The Labute approximate surface area is 672 Å². The highest BCUT2D eigenvalue weighted by atomic mass is 31.2. The van der Waals surface area contributed by atoms with Crippen molar-refractivity contribution >= 4 is 45.0 Å². The normalized spacial score (nSPS) is 30.3. The number of nitrogens with one attached hydrogen (secondary N) is 1. The van der Waals surface area contributed by atoms with Crippen molar-refractivity contribution in [2.45, 2.75) is 235 Å². The maximum atomic E-state index is 13.6. The lowest BCUT2D eigenvalue weighted by atomic mass is 9.92. The molecule has 49 heteroatoms. The third kappa shape index (κ3) is 43.1. The Bertz CT molecular complexity index is 2780. The minimum absolute atomic E-state index is 0.0324. The van der Waals surface area contributed by atoms with Crippen molar-refractivity contribution in [2.75, 3.05) is 159 Å². The van der Waals surface area contributed by atoms with Crippen LogP contribution in [0.5, 0.6) is 0 Å². The highest BCUT2D eigenvalue weighted by Crippen LogP contribution is 2.49. The molecule has 0 aromatic heterocycles. The van der Waals surface area contributed by atoms with Gasteiger partial charge in [-0.05, 0) is 71.6 Å². The van der Waals surface area contributed by atoms with E-state index >= 15 is 0 Å². The zero-order valence-electron chi connectivity index (χ0n) is 66.8. The van der Waals surface area contributed by atoms with Crippen molar-refractivity contribution in [1.82, 2.24) is 5.32 Å². The molecule has 0 aliphatic carbocycles. The van der Waals surface area contributed by atoms with Crippen molar-refractivity contribution in [2.24, 2.45) is 23.2 Å². The van der Waals surface area contributed by atoms with Gasteiger partial charge in [-0.1, -0.05) is 52.4 Å². The molecule has 4 rings (SSSR count). The van der Waals surface area contributed by atoms with Gasteiger partial charge in [-0.3, -0.25) is 50.0 Å². The van der Waals surface area contributed by atoms with E-state index < -0.39 is 227 Å². The summed E-state index contributed by atoms with van der Waals surface area (Å²) in [5, 5.41) is 103. The Morgan fingerprint density at radius 2 is 0.774 bits per heavy atom. The lowest BCUT2D eigenvalue weighted by Crippen LogP contribution is -2.64. The Hall–Kier alpha value is -0.860. The molecule has 44 nitrogen and oxygen atoms in total. The Morgan fingerprint density at radius 3 is 1.15 bits per heavy atom. The van der Waals surface area contributed by atoms with E-state index in [1.54, 1.807) is 20.8 Å². The summed E-state index contributed by atoms with van der Waals surface area (Å²) >= 11 is 0. The predicted octanol–water partition coefficient (Wildman–Crippen LogP) is 1.81. The molecular weight excluding hydrogens is 1650 g/mol. The summed E-state index contributed by atoms with van der Waals surface area (Å²) in [6.45, 7) is -2.25. The van der Waals surface area contributed by atoms with Crippen molar-refractivity contribution in [3.05, 3.63) is 0 Å². The van der Waals surface area contributed by atoms with Gasteiger partial charge in [-0.15, -0.1) is 0 Å². The van der Waals surface area contributed by atoms with Crippen LogP contribution in [-0.4, -0.2) is 339 Å². The Kier molecular flexibility index (Phi) is 51.8. The van der Waals surface area contributed by atoms with E-state index in [9.17, 15) is 103 Å². The zero-order chi connectivity index (χ0) is 85.8. The highest BCUT2D eigenvalue weighted by molar-refractivity contribution is 7.48. The van der Waals surface area contributed by atoms with E-state index in [1.807, 2.05) is 0 Å². The minimum Gasteiger partial charge on any atom is -0.396 e. The number of carbonyl (C=O) groups excluding carboxylic acids is 1. The maximum absolute atomic E-state index is 13.6. The number of amides is 1. The molecule has 0 saturated carbocycles. The number of aliphatic hydroxyl groups is 10. The molecule has 115 heavy (non-hydrogen) atoms. The van der Waals surface area contributed by atoms with Crippen LogP contribution in [0.25, 0.3) is 0 Å². The second-order valence-corrected chi connectivity index (χ2v) is 35.6. The lowest BCUT2D eigenvalue weighted by Gasteiger charge is -2.42. The summed E-state index contributed by atoms with van der Waals surface area (Å²) in [5.74, 6) is -2.48. The summed E-state index contributed by atoms with van der Waals surface area (Å²) in [6.07, 6.45) is -9.72. The van der Waals surface area contributed by atoms with Crippen molar-refractivity contribution in [3.8, 4) is 0 Å². The monoisotopic (exact) mass is 1780 g/mol. The van der Waals surface area contributed by atoms with Gasteiger partial charge >= 0.3 is 39.1 Å². The summed E-state index contributed by atoms with van der Waals surface area (Å²) in [5.41, 5.74) is -1.59. The molecule has 4 saturated heterocycles. The molecule has 24 atom stereocenters. The first-order valence-electron chi connectivity index (χ1n) is 39.3. The molecule has 1 amide bonds. The summed E-state index contributed by atoms with van der Waals surface area (Å²) < 4.78 is 192. The van der Waals surface area contributed by atoms with Gasteiger partial charge in [0, 0.05) is 72.1 Å². The molecular formula is C66H130NO43P5. The average Bonchev–Trinajstić information content (AvgIpc) is 1.05. The van der Waals surface area contributed by atoms with E-state index in [2.05, 4.69) is 5.32 Å². The van der Waals surface area contributed by atoms with Gasteiger partial charge in [0.15, 0.2) is 32.5 Å². The standard InChI is InChI=1S/C66H130NO43P5/c1-46-33-52(49(4)106-46)110-115(87,88)105-45-93-39-51(34-68)38-92-44-104-114(85,86)103-43-66(40-89-21-18-30-100-111(79,80)97-27-15-9-6-12-24-94-63-47(2)57(73)59(75)53(35-69)107-63,41-90-22-19-31-101-112(81,82)98-28-16-10-7-13-25-95-64-48(3)58(74)60(76)54(36-70)108-64)42-91-23-20-32-102-113(83,84)99-29-17-11-8-14-26-96-65-56(67-50(5)72)62(78)61(77)55(37-71)109-65/h46-49,51-65,68-71,73-78H,6-45H2,1-5H3,(H,67,72)(H,79,80)(H,81,82)(H,83,84)(H,85,86)(H,87,88)/t46-,47?,48?,49+,51?,52-,53?,54?,55?,56?,57+,58+,59-,60-,61-,62+,63+,64+,65+,66?/m0/s1/i4T. The third-order valence-electron chi connectivity index (χ3n) is 18.4. The fraction of sp³-hybridized carbons (Fsp3) is 0.985. The first-order chi connectivity index (χ1) is 55.1. The smallest absolute Gasteiger partial charge is 0.396 e. The molecule has 4 fully saturated rings. The fourth-order valence-corrected chi connectivity index (χ4v) is 15.7. The molecule has 0 aromatic rings. The van der Waals surface area contributed by atoms with Crippen LogP contribution in [0.15, 0.2) is 0 Å². The zero-order valence-corrected chi connectivity index (χ0v) is 70.3. The van der Waals surface area contributed by atoms with Gasteiger partial charge < -0.3 is 138 Å². The number of aliphatic hydroxyl groups excluding tert-OH is 10. The van der Waals surface area contributed by atoms with E-state index in [0.29, 0.717) is 77.0 Å². The minimum atomic E-state index is -5.12. The number of rotatable bonds is 68. The van der Waals surface area contributed by atoms with Crippen molar-refractivity contribution in [1.29, 1.82) is 0 Å². The van der Waals surface area contributed by atoms with Crippen LogP contribution in [0.4, 0.5) is 0 Å². The molecule has 4 aliphatic heterocycles. The first kappa shape index (κ1) is 105. The Balaban J connectivity index is 1.34. The van der Waals surface area contributed by atoms with Gasteiger partial charge in [0.25, 0.3) is 0 Å². The van der Waals surface area contributed by atoms with E-state index in [4.69, 9.17) is 103 Å². The van der Waals surface area contributed by atoms with E-state index in [-0.39, 0.29) is 131 Å². The van der Waals surface area contributed by atoms with Crippen LogP contribution in [0.1, 0.15) is 139 Å². The van der Waals surface area contributed by atoms with Crippen LogP contribution < -0.4 is 5.32 Å². The van der Waals surface area contributed by atoms with E-state index in [0.717, 1.165) is 0 Å². The average molecular weight is 1780 g/mol. The second kappa shape index (κ2) is 56.9. The molecule has 0 aromatic carbocycles. The lowest BCUT2D eigenvalue weighted by molar-refractivity contribution is -0.282.